The van der Waals surface area contributed by atoms with Gasteiger partial charge < -0.3 is 0 Å². The van der Waals surface area contributed by atoms with Crippen molar-refractivity contribution >= 4 is 17.2 Å². The van der Waals surface area contributed by atoms with Crippen LogP contribution in [0.5, 0.6) is 0 Å². The van der Waals surface area contributed by atoms with Crippen LogP contribution < -0.4 is 16.3 Å². The molecular formula is C18H12N4O4. The average molecular weight is 348 g/mol. The van der Waals surface area contributed by atoms with E-state index in [2.05, 4.69) is 10.1 Å². The van der Waals surface area contributed by atoms with Gasteiger partial charge in [0.05, 0.1) is 22.3 Å². The number of nitro benzene ring substituents is 1. The summed E-state index contributed by atoms with van der Waals surface area (Å²) in [6, 6.07) is 14.7. The molecule has 1 amide bonds. The molecule has 3 aromatic rings. The number of fused-ring (bicyclic) bond motifs is 1. The van der Waals surface area contributed by atoms with E-state index in [0.29, 0.717) is 22.0 Å². The lowest BCUT2D eigenvalue weighted by molar-refractivity contribution is -0.384. The third-order valence-corrected chi connectivity index (χ3v) is 4.18. The second-order valence-corrected chi connectivity index (χ2v) is 5.78. The highest BCUT2D eigenvalue weighted by Crippen LogP contribution is 2.20. The molecule has 4 rings (SSSR count). The number of non-ortho nitro benzene ring substituents is 1. The van der Waals surface area contributed by atoms with Gasteiger partial charge in [0.15, 0.2) is 5.49 Å². The van der Waals surface area contributed by atoms with Crippen molar-refractivity contribution in [3.63, 3.8) is 0 Å². The van der Waals surface area contributed by atoms with E-state index in [1.54, 1.807) is 24.3 Å². The molecule has 1 N–H and O–H groups in total. The number of nitrogens with one attached hydrogen (secondary N) is 1. The molecule has 1 aliphatic heterocycles. The summed E-state index contributed by atoms with van der Waals surface area (Å²) in [5.41, 5.74) is 1.52. The quantitative estimate of drug-likeness (QED) is 0.558. The second-order valence-electron chi connectivity index (χ2n) is 5.78. The highest BCUT2D eigenvalue weighted by molar-refractivity contribution is 5.90. The van der Waals surface area contributed by atoms with Crippen LogP contribution in [0.15, 0.2) is 64.4 Å². The van der Waals surface area contributed by atoms with Crippen LogP contribution in [0.1, 0.15) is 12.0 Å². The van der Waals surface area contributed by atoms with Crippen LogP contribution >= 0.6 is 0 Å². The summed E-state index contributed by atoms with van der Waals surface area (Å²) in [6.45, 7) is 0. The van der Waals surface area contributed by atoms with Gasteiger partial charge in [0.25, 0.3) is 17.2 Å². The number of carbonyl (C=O) groups excluding carboxylic acids is 1. The minimum absolute atomic E-state index is 0.0350. The third-order valence-electron chi connectivity index (χ3n) is 4.18. The van der Waals surface area contributed by atoms with Crippen molar-refractivity contribution in [3.8, 4) is 5.69 Å². The fourth-order valence-electron chi connectivity index (χ4n) is 2.97. The predicted molar refractivity (Wildman–Crippen MR) is 92.4 cm³/mol. The first kappa shape index (κ1) is 15.7. The Morgan fingerprint density at radius 3 is 2.38 bits per heavy atom. The zero-order valence-electron chi connectivity index (χ0n) is 13.4. The van der Waals surface area contributed by atoms with Gasteiger partial charge in [-0.2, -0.15) is 4.99 Å². The number of rotatable bonds is 3. The highest BCUT2D eigenvalue weighted by atomic mass is 16.6. The Balaban J connectivity index is 1.99. The number of aromatic nitrogens is 2. The van der Waals surface area contributed by atoms with Gasteiger partial charge in [0.2, 0.25) is 0 Å². The molecule has 1 aromatic heterocycles. The number of nitro groups is 1. The van der Waals surface area contributed by atoms with Gasteiger partial charge in [-0.05, 0) is 35.4 Å². The standard InChI is InChI=1S/C18H12N4O4/c23-15-10-14(11-6-8-13(9-7-11)22(25)26)16-17(19-15)20-21(18(16)24)12-4-2-1-3-5-12/h1-9H,10H2,(H,19,20,23). The molecule has 26 heavy (non-hydrogen) atoms. The summed E-state index contributed by atoms with van der Waals surface area (Å²) in [6.07, 6.45) is -0.0350. The Morgan fingerprint density at radius 2 is 1.73 bits per heavy atom. The lowest BCUT2D eigenvalue weighted by Crippen LogP contribution is -2.40. The molecule has 8 heteroatoms. The van der Waals surface area contributed by atoms with Gasteiger partial charge in [-0.1, -0.05) is 18.2 Å². The number of nitrogens with zero attached hydrogens (tertiary/aromatic N) is 3. The third kappa shape index (κ3) is 2.53. The molecular weight excluding hydrogens is 336 g/mol. The number of benzene rings is 2. The van der Waals surface area contributed by atoms with E-state index < -0.39 is 4.92 Å². The largest absolute Gasteiger partial charge is 0.281 e. The van der Waals surface area contributed by atoms with Crippen LogP contribution in [0.2, 0.25) is 0 Å². The fraction of sp³-hybridized carbons (Fsp3) is 0.0556. The predicted octanol–water partition coefficient (Wildman–Crippen LogP) is 0.823. The lowest BCUT2D eigenvalue weighted by Gasteiger charge is -2.07. The molecule has 8 nitrogen and oxygen atoms in total. The number of hydrogen-bond donors (Lipinski definition) is 1. The zero-order chi connectivity index (χ0) is 18.3. The van der Waals surface area contributed by atoms with Crippen molar-refractivity contribution < 1.29 is 9.72 Å². The van der Waals surface area contributed by atoms with Crippen molar-refractivity contribution in [1.29, 1.82) is 0 Å². The van der Waals surface area contributed by atoms with E-state index in [1.807, 2.05) is 6.07 Å². The van der Waals surface area contributed by atoms with Crippen LogP contribution in [0.3, 0.4) is 0 Å². The highest BCUT2D eigenvalue weighted by Gasteiger charge is 2.20. The molecule has 128 valence electrons. The molecule has 0 saturated carbocycles. The first-order chi connectivity index (χ1) is 12.5. The van der Waals surface area contributed by atoms with Crippen LogP contribution in [-0.2, 0) is 4.79 Å². The number of hydrogen-bond acceptors (Lipinski definition) is 4. The number of para-hydroxylation sites is 1. The Kier molecular flexibility index (Phi) is 3.58. The van der Waals surface area contributed by atoms with Gasteiger partial charge in [0.1, 0.15) is 0 Å². The minimum atomic E-state index is -0.500. The Bertz CT molecular complexity index is 1200. The number of carbonyl (C=O) groups is 1. The molecule has 2 heterocycles. The van der Waals surface area contributed by atoms with Crippen molar-refractivity contribution in [2.45, 2.75) is 6.42 Å². The summed E-state index contributed by atoms with van der Waals surface area (Å²) in [5, 5.41) is 14.0. The van der Waals surface area contributed by atoms with E-state index in [9.17, 15) is 19.7 Å². The smallest absolute Gasteiger partial charge is 0.273 e. The topological polar surface area (TPSA) is 110 Å². The van der Waals surface area contributed by atoms with E-state index in [-0.39, 0.29) is 29.1 Å². The molecule has 0 fully saturated rings. The first-order valence-electron chi connectivity index (χ1n) is 7.80. The van der Waals surface area contributed by atoms with Crippen LogP contribution in [-0.4, -0.2) is 20.6 Å². The maximum absolute atomic E-state index is 12.9. The molecule has 0 bridgehead atoms. The molecule has 1 aliphatic rings. The minimum Gasteiger partial charge on any atom is -0.273 e. The van der Waals surface area contributed by atoms with Crippen molar-refractivity contribution in [2.75, 3.05) is 0 Å². The number of H-pyrrole nitrogens is 1. The van der Waals surface area contributed by atoms with E-state index in [1.165, 1.54) is 28.9 Å². The van der Waals surface area contributed by atoms with Crippen LogP contribution in [0, 0.1) is 10.1 Å². The van der Waals surface area contributed by atoms with Crippen LogP contribution in [0.25, 0.3) is 11.3 Å². The maximum atomic E-state index is 12.9. The molecule has 2 aromatic carbocycles. The van der Waals surface area contributed by atoms with Crippen molar-refractivity contribution in [3.05, 3.63) is 91.3 Å². The molecule has 0 unspecified atom stereocenters. The first-order valence-corrected chi connectivity index (χ1v) is 7.80. The van der Waals surface area contributed by atoms with Crippen molar-refractivity contribution in [1.82, 2.24) is 9.78 Å². The van der Waals surface area contributed by atoms with Crippen molar-refractivity contribution in [2.24, 2.45) is 4.99 Å². The normalized spacial score (nSPS) is 13.2. The molecule has 0 spiro atoms. The lowest BCUT2D eigenvalue weighted by atomic mass is 9.99. The SMILES string of the molecule is O=C1CC(c2ccc([N+](=O)[O-])cc2)=c2c([nH]n(-c3ccccc3)c2=O)=N1. The monoisotopic (exact) mass is 348 g/mol. The average Bonchev–Trinajstić information content (AvgIpc) is 2.98. The van der Waals surface area contributed by atoms with Gasteiger partial charge in [-0.15, -0.1) is 0 Å². The second kappa shape index (κ2) is 5.92. The zero-order valence-corrected chi connectivity index (χ0v) is 13.4. The van der Waals surface area contributed by atoms with E-state index in [0.717, 1.165) is 0 Å². The van der Waals surface area contributed by atoms with E-state index >= 15 is 0 Å². The summed E-state index contributed by atoms with van der Waals surface area (Å²) in [5.74, 6) is -0.382. The molecule has 0 aliphatic carbocycles. The van der Waals surface area contributed by atoms with E-state index in [4.69, 9.17) is 0 Å². The van der Waals surface area contributed by atoms with Gasteiger partial charge >= 0.3 is 0 Å². The Hall–Kier alpha value is -3.81. The summed E-state index contributed by atoms with van der Waals surface area (Å²) in [4.78, 5) is 39.2. The Morgan fingerprint density at radius 1 is 1.04 bits per heavy atom. The summed E-state index contributed by atoms with van der Waals surface area (Å²) in [7, 11) is 0. The number of aromatic amines is 1. The molecule has 0 atom stereocenters. The Labute approximate surface area is 145 Å². The molecule has 0 radical (unpaired) electrons. The summed E-state index contributed by atoms with van der Waals surface area (Å²) < 4.78 is 1.33. The van der Waals surface area contributed by atoms with Gasteiger partial charge in [-0.3, -0.25) is 24.8 Å². The van der Waals surface area contributed by atoms with Gasteiger partial charge in [-0.25, -0.2) is 4.68 Å². The summed E-state index contributed by atoms with van der Waals surface area (Å²) >= 11 is 0. The molecule has 0 saturated heterocycles. The van der Waals surface area contributed by atoms with Crippen LogP contribution in [0.4, 0.5) is 5.69 Å². The maximum Gasteiger partial charge on any atom is 0.281 e. The fourth-order valence-corrected chi connectivity index (χ4v) is 2.97. The number of amides is 1. The van der Waals surface area contributed by atoms with Gasteiger partial charge in [0, 0.05) is 12.1 Å².